The summed E-state index contributed by atoms with van der Waals surface area (Å²) in [5.41, 5.74) is 1.41. The summed E-state index contributed by atoms with van der Waals surface area (Å²) in [5, 5.41) is 2.75. The summed E-state index contributed by atoms with van der Waals surface area (Å²) in [7, 11) is -3.84. The smallest absolute Gasteiger partial charge is 0.262 e. The van der Waals surface area contributed by atoms with Crippen LogP contribution < -0.4 is 14.8 Å². The van der Waals surface area contributed by atoms with Crippen molar-refractivity contribution in [1.82, 2.24) is 4.98 Å². The number of benzene rings is 2. The minimum atomic E-state index is -3.84. The Labute approximate surface area is 186 Å². The van der Waals surface area contributed by atoms with Crippen LogP contribution >= 0.6 is 11.8 Å². The van der Waals surface area contributed by atoms with E-state index < -0.39 is 10.0 Å². The van der Waals surface area contributed by atoms with E-state index in [0.29, 0.717) is 29.3 Å². The molecule has 0 bridgehead atoms. The number of hydrogen-bond acceptors (Lipinski definition) is 6. The highest BCUT2D eigenvalue weighted by Gasteiger charge is 2.18. The van der Waals surface area contributed by atoms with Gasteiger partial charge in [0.2, 0.25) is 5.91 Å². The number of rotatable bonds is 9. The Morgan fingerprint density at radius 3 is 2.39 bits per heavy atom. The number of carbonyl (C=O) groups is 1. The van der Waals surface area contributed by atoms with E-state index in [2.05, 4.69) is 15.0 Å². The van der Waals surface area contributed by atoms with Gasteiger partial charge in [-0.05, 0) is 67.9 Å². The molecule has 0 unspecified atom stereocenters. The third-order valence-corrected chi connectivity index (χ3v) is 6.73. The molecule has 3 rings (SSSR count). The number of nitrogens with zero attached hydrogens (tertiary/aromatic N) is 1. The number of carbonyl (C=O) groups excluding carboxylic acids is 1. The first-order valence-corrected chi connectivity index (χ1v) is 12.0. The van der Waals surface area contributed by atoms with Gasteiger partial charge in [-0.2, -0.15) is 0 Å². The van der Waals surface area contributed by atoms with Crippen LogP contribution in [0.2, 0.25) is 0 Å². The molecule has 1 aromatic heterocycles. The van der Waals surface area contributed by atoms with Crippen LogP contribution in [-0.2, 0) is 14.8 Å². The predicted octanol–water partition coefficient (Wildman–Crippen LogP) is 4.32. The van der Waals surface area contributed by atoms with Crippen molar-refractivity contribution < 1.29 is 17.9 Å². The molecule has 9 heteroatoms. The summed E-state index contributed by atoms with van der Waals surface area (Å²) in [6.45, 7) is 4.12. The van der Waals surface area contributed by atoms with Gasteiger partial charge < -0.3 is 10.1 Å². The normalized spacial score (nSPS) is 11.0. The zero-order valence-corrected chi connectivity index (χ0v) is 18.8. The molecular weight excluding hydrogens is 434 g/mol. The first-order valence-electron chi connectivity index (χ1n) is 9.56. The number of amides is 1. The standard InChI is InChI=1S/C22H23N3O4S2/c1-3-29-19-8-6-17(7-9-19)25-31(27,28)21-14-18(5-4-16(21)2)24-22(26)15-30-20-10-12-23-13-11-20/h4-14,25H,3,15H2,1-2H3,(H,24,26). The fraction of sp³-hybridized carbons (Fsp3) is 0.182. The summed E-state index contributed by atoms with van der Waals surface area (Å²) in [4.78, 5) is 17.2. The molecule has 0 fully saturated rings. The van der Waals surface area contributed by atoms with Gasteiger partial charge in [0.05, 0.1) is 17.3 Å². The Balaban J connectivity index is 1.69. The van der Waals surface area contributed by atoms with E-state index in [1.807, 2.05) is 19.1 Å². The highest BCUT2D eigenvalue weighted by Crippen LogP contribution is 2.25. The lowest BCUT2D eigenvalue weighted by Gasteiger charge is -2.13. The highest BCUT2D eigenvalue weighted by atomic mass is 32.2. The molecule has 0 saturated carbocycles. The maximum absolute atomic E-state index is 12.9. The summed E-state index contributed by atoms with van der Waals surface area (Å²) in [6.07, 6.45) is 3.32. The molecule has 7 nitrogen and oxygen atoms in total. The Kier molecular flexibility index (Phi) is 7.54. The molecule has 2 N–H and O–H groups in total. The zero-order chi connectivity index (χ0) is 22.3. The lowest BCUT2D eigenvalue weighted by Crippen LogP contribution is -2.17. The van der Waals surface area contributed by atoms with Gasteiger partial charge >= 0.3 is 0 Å². The van der Waals surface area contributed by atoms with E-state index in [-0.39, 0.29) is 16.6 Å². The number of thioether (sulfide) groups is 1. The van der Waals surface area contributed by atoms with E-state index >= 15 is 0 Å². The summed E-state index contributed by atoms with van der Waals surface area (Å²) in [6, 6.07) is 15.1. The Bertz CT molecular complexity index is 1140. The van der Waals surface area contributed by atoms with Gasteiger partial charge in [-0.3, -0.25) is 14.5 Å². The molecule has 31 heavy (non-hydrogen) atoms. The van der Waals surface area contributed by atoms with E-state index in [4.69, 9.17) is 4.74 Å². The van der Waals surface area contributed by atoms with Crippen LogP contribution in [-0.4, -0.2) is 31.7 Å². The van der Waals surface area contributed by atoms with Crippen molar-refractivity contribution in [2.75, 3.05) is 22.4 Å². The maximum Gasteiger partial charge on any atom is 0.262 e. The highest BCUT2D eigenvalue weighted by molar-refractivity contribution is 8.00. The average Bonchev–Trinajstić information content (AvgIpc) is 2.76. The van der Waals surface area contributed by atoms with E-state index in [9.17, 15) is 13.2 Å². The van der Waals surface area contributed by atoms with Gasteiger partial charge in [-0.25, -0.2) is 8.42 Å². The Morgan fingerprint density at radius 2 is 1.71 bits per heavy atom. The lowest BCUT2D eigenvalue weighted by atomic mass is 10.2. The predicted molar refractivity (Wildman–Crippen MR) is 123 cm³/mol. The van der Waals surface area contributed by atoms with Gasteiger partial charge in [0.1, 0.15) is 5.75 Å². The van der Waals surface area contributed by atoms with Crippen LogP contribution in [0, 0.1) is 6.92 Å². The third kappa shape index (κ3) is 6.47. The number of sulfonamides is 1. The number of anilines is 2. The largest absolute Gasteiger partial charge is 0.494 e. The van der Waals surface area contributed by atoms with Crippen LogP contribution in [0.25, 0.3) is 0 Å². The van der Waals surface area contributed by atoms with Crippen molar-refractivity contribution in [3.8, 4) is 5.75 Å². The topological polar surface area (TPSA) is 97.4 Å². The molecule has 0 aliphatic rings. The van der Waals surface area contributed by atoms with E-state index in [1.54, 1.807) is 55.7 Å². The van der Waals surface area contributed by atoms with Crippen LogP contribution in [0.15, 0.2) is 76.8 Å². The third-order valence-electron chi connectivity index (χ3n) is 4.20. The average molecular weight is 458 g/mol. The molecular formula is C22H23N3O4S2. The summed E-state index contributed by atoms with van der Waals surface area (Å²) in [5.74, 6) is 0.633. The van der Waals surface area contributed by atoms with Crippen LogP contribution in [0.5, 0.6) is 5.75 Å². The van der Waals surface area contributed by atoms with E-state index in [1.165, 1.54) is 17.8 Å². The molecule has 0 aliphatic carbocycles. The van der Waals surface area contributed by atoms with Crippen LogP contribution in [0.3, 0.4) is 0 Å². The number of nitrogens with one attached hydrogen (secondary N) is 2. The van der Waals surface area contributed by atoms with Gasteiger partial charge in [-0.15, -0.1) is 11.8 Å². The first-order chi connectivity index (χ1) is 14.9. The second-order valence-electron chi connectivity index (χ2n) is 6.56. The van der Waals surface area contributed by atoms with Crippen molar-refractivity contribution in [3.05, 3.63) is 72.6 Å². The lowest BCUT2D eigenvalue weighted by molar-refractivity contribution is -0.113. The SMILES string of the molecule is CCOc1ccc(NS(=O)(=O)c2cc(NC(=O)CSc3ccncc3)ccc2C)cc1. The summed E-state index contributed by atoms with van der Waals surface area (Å²) < 4.78 is 33.8. The zero-order valence-electron chi connectivity index (χ0n) is 17.2. The van der Waals surface area contributed by atoms with Crippen molar-refractivity contribution in [2.24, 2.45) is 0 Å². The molecule has 0 atom stereocenters. The summed E-state index contributed by atoms with van der Waals surface area (Å²) >= 11 is 1.37. The molecule has 1 heterocycles. The van der Waals surface area contributed by atoms with Gasteiger partial charge in [-0.1, -0.05) is 6.07 Å². The molecule has 162 valence electrons. The molecule has 0 aliphatic heterocycles. The molecule has 0 radical (unpaired) electrons. The van der Waals surface area contributed by atoms with Crippen molar-refractivity contribution in [2.45, 2.75) is 23.6 Å². The Morgan fingerprint density at radius 1 is 1.03 bits per heavy atom. The second-order valence-corrected chi connectivity index (χ2v) is 9.26. The monoisotopic (exact) mass is 457 g/mol. The molecule has 3 aromatic rings. The second kappa shape index (κ2) is 10.3. The number of aromatic nitrogens is 1. The van der Waals surface area contributed by atoms with Gasteiger partial charge in [0.15, 0.2) is 0 Å². The molecule has 1 amide bonds. The number of ether oxygens (including phenoxy) is 1. The fourth-order valence-corrected chi connectivity index (χ4v) is 4.76. The van der Waals surface area contributed by atoms with Crippen molar-refractivity contribution in [3.63, 3.8) is 0 Å². The molecule has 0 spiro atoms. The first kappa shape index (κ1) is 22.6. The minimum Gasteiger partial charge on any atom is -0.494 e. The van der Waals surface area contributed by atoms with Crippen molar-refractivity contribution >= 4 is 39.1 Å². The number of hydrogen-bond donors (Lipinski definition) is 2. The van der Waals surface area contributed by atoms with Crippen LogP contribution in [0.4, 0.5) is 11.4 Å². The minimum absolute atomic E-state index is 0.0981. The maximum atomic E-state index is 12.9. The molecule has 2 aromatic carbocycles. The van der Waals surface area contributed by atoms with Crippen molar-refractivity contribution in [1.29, 1.82) is 0 Å². The van der Waals surface area contributed by atoms with E-state index in [0.717, 1.165) is 4.90 Å². The van der Waals surface area contributed by atoms with Crippen LogP contribution in [0.1, 0.15) is 12.5 Å². The number of pyridine rings is 1. The fourth-order valence-electron chi connectivity index (χ4n) is 2.74. The van der Waals surface area contributed by atoms with Gasteiger partial charge in [0, 0.05) is 28.7 Å². The number of aryl methyl sites for hydroxylation is 1. The quantitative estimate of drug-likeness (QED) is 0.465. The Hall–Kier alpha value is -3.04. The van der Waals surface area contributed by atoms with Gasteiger partial charge in [0.25, 0.3) is 10.0 Å². The molecule has 0 saturated heterocycles.